The van der Waals surface area contributed by atoms with Gasteiger partial charge in [-0.3, -0.25) is 4.90 Å². The van der Waals surface area contributed by atoms with Crippen molar-refractivity contribution in [2.75, 3.05) is 6.54 Å². The van der Waals surface area contributed by atoms with Crippen LogP contribution in [0.1, 0.15) is 44.9 Å². The van der Waals surface area contributed by atoms with Gasteiger partial charge >= 0.3 is 0 Å². The zero-order chi connectivity index (χ0) is 12.8. The van der Waals surface area contributed by atoms with Gasteiger partial charge in [-0.15, -0.1) is 5.10 Å². The number of carbonyl (C=O) groups excluding carboxylic acids is 1. The first-order valence-corrected chi connectivity index (χ1v) is 6.79. The maximum absolute atomic E-state index is 11.1. The monoisotopic (exact) mass is 251 g/mol. The molecule has 1 atom stereocenters. The lowest BCUT2D eigenvalue weighted by Crippen LogP contribution is -2.40. The SMILES string of the molecule is CCCCn1nnnc1CN1CCCCC1C=O. The first kappa shape index (κ1) is 13.1. The molecule has 0 amide bonds. The van der Waals surface area contributed by atoms with Crippen molar-refractivity contribution >= 4 is 6.29 Å². The highest BCUT2D eigenvalue weighted by Crippen LogP contribution is 2.17. The molecule has 0 bridgehead atoms. The van der Waals surface area contributed by atoms with Gasteiger partial charge in [-0.2, -0.15) is 0 Å². The van der Waals surface area contributed by atoms with Gasteiger partial charge < -0.3 is 4.79 Å². The summed E-state index contributed by atoms with van der Waals surface area (Å²) in [4.78, 5) is 13.2. The average Bonchev–Trinajstić information content (AvgIpc) is 2.84. The lowest BCUT2D eigenvalue weighted by Gasteiger charge is -2.31. The van der Waals surface area contributed by atoms with Gasteiger partial charge in [0, 0.05) is 6.54 Å². The fraction of sp³-hybridized carbons (Fsp3) is 0.833. The Kier molecular flexibility index (Phi) is 4.81. The zero-order valence-electron chi connectivity index (χ0n) is 11.0. The van der Waals surface area contributed by atoms with Gasteiger partial charge in [-0.1, -0.05) is 19.8 Å². The summed E-state index contributed by atoms with van der Waals surface area (Å²) in [5.74, 6) is 0.872. The van der Waals surface area contributed by atoms with Crippen molar-refractivity contribution in [1.29, 1.82) is 0 Å². The summed E-state index contributed by atoms with van der Waals surface area (Å²) in [5.41, 5.74) is 0. The van der Waals surface area contributed by atoms with E-state index < -0.39 is 0 Å². The number of rotatable bonds is 6. The topological polar surface area (TPSA) is 63.9 Å². The molecule has 0 radical (unpaired) electrons. The summed E-state index contributed by atoms with van der Waals surface area (Å²) in [6.45, 7) is 4.65. The molecule has 0 N–H and O–H groups in total. The fourth-order valence-corrected chi connectivity index (χ4v) is 2.37. The van der Waals surface area contributed by atoms with Crippen LogP contribution in [0.25, 0.3) is 0 Å². The van der Waals surface area contributed by atoms with Crippen LogP contribution in [-0.4, -0.2) is 44.0 Å². The maximum atomic E-state index is 11.1. The second-order valence-corrected chi connectivity index (χ2v) is 4.84. The van der Waals surface area contributed by atoms with Crippen LogP contribution in [0.4, 0.5) is 0 Å². The number of likely N-dealkylation sites (tertiary alicyclic amines) is 1. The van der Waals surface area contributed by atoms with Crippen molar-refractivity contribution in [1.82, 2.24) is 25.1 Å². The van der Waals surface area contributed by atoms with Gasteiger partial charge in [-0.25, -0.2) is 4.68 Å². The molecule has 1 fully saturated rings. The molecule has 1 aliphatic rings. The van der Waals surface area contributed by atoms with E-state index in [0.29, 0.717) is 6.54 Å². The third kappa shape index (κ3) is 3.13. The van der Waals surface area contributed by atoms with E-state index in [1.807, 2.05) is 4.68 Å². The molecule has 1 aromatic rings. The molecule has 100 valence electrons. The molecular formula is C12H21N5O. The van der Waals surface area contributed by atoms with Crippen LogP contribution in [0, 0.1) is 0 Å². The van der Waals surface area contributed by atoms with E-state index in [4.69, 9.17) is 0 Å². The molecule has 0 aromatic carbocycles. The van der Waals surface area contributed by atoms with Crippen LogP contribution in [0.15, 0.2) is 0 Å². The van der Waals surface area contributed by atoms with E-state index in [2.05, 4.69) is 27.3 Å². The minimum atomic E-state index is 0.0371. The van der Waals surface area contributed by atoms with Crippen LogP contribution in [0.5, 0.6) is 0 Å². The predicted molar refractivity (Wildman–Crippen MR) is 66.8 cm³/mol. The first-order chi connectivity index (χ1) is 8.85. The Morgan fingerprint density at radius 2 is 2.33 bits per heavy atom. The Labute approximate surface area is 107 Å². The van der Waals surface area contributed by atoms with E-state index in [1.54, 1.807) is 0 Å². The lowest BCUT2D eigenvalue weighted by molar-refractivity contribution is -0.113. The predicted octanol–water partition coefficient (Wildman–Crippen LogP) is 1.03. The second-order valence-electron chi connectivity index (χ2n) is 4.84. The molecule has 1 aromatic heterocycles. The third-order valence-electron chi connectivity index (χ3n) is 3.50. The molecule has 2 heterocycles. The van der Waals surface area contributed by atoms with E-state index in [1.165, 1.54) is 0 Å². The lowest BCUT2D eigenvalue weighted by atomic mass is 10.0. The van der Waals surface area contributed by atoms with Gasteiger partial charge in [0.25, 0.3) is 0 Å². The Bertz CT molecular complexity index is 378. The summed E-state index contributed by atoms with van der Waals surface area (Å²) in [6.07, 6.45) is 6.51. The van der Waals surface area contributed by atoms with Crippen LogP contribution in [-0.2, 0) is 17.9 Å². The van der Waals surface area contributed by atoms with Crippen molar-refractivity contribution in [2.45, 2.75) is 58.2 Å². The number of aromatic nitrogens is 4. The van der Waals surface area contributed by atoms with Crippen molar-refractivity contribution in [3.05, 3.63) is 5.82 Å². The normalized spacial score (nSPS) is 21.1. The Morgan fingerprint density at radius 3 is 3.11 bits per heavy atom. The number of unbranched alkanes of at least 4 members (excludes halogenated alkanes) is 1. The van der Waals surface area contributed by atoms with E-state index in [9.17, 15) is 4.79 Å². The van der Waals surface area contributed by atoms with Crippen molar-refractivity contribution in [3.63, 3.8) is 0 Å². The number of aldehydes is 1. The van der Waals surface area contributed by atoms with Gasteiger partial charge in [0.1, 0.15) is 6.29 Å². The Hall–Kier alpha value is -1.30. The fourth-order valence-electron chi connectivity index (χ4n) is 2.37. The smallest absolute Gasteiger partial charge is 0.165 e. The Morgan fingerprint density at radius 1 is 1.44 bits per heavy atom. The molecular weight excluding hydrogens is 230 g/mol. The van der Waals surface area contributed by atoms with Gasteiger partial charge in [0.05, 0.1) is 12.6 Å². The summed E-state index contributed by atoms with van der Waals surface area (Å²) in [5, 5.41) is 11.8. The number of hydrogen-bond donors (Lipinski definition) is 0. The molecule has 1 unspecified atom stereocenters. The molecule has 1 aliphatic heterocycles. The second kappa shape index (κ2) is 6.58. The van der Waals surface area contributed by atoms with Crippen LogP contribution in [0.2, 0.25) is 0 Å². The molecule has 1 saturated heterocycles. The van der Waals surface area contributed by atoms with Crippen LogP contribution >= 0.6 is 0 Å². The van der Waals surface area contributed by atoms with Gasteiger partial charge in [0.2, 0.25) is 0 Å². The standard InChI is InChI=1S/C12H21N5O/c1-2-3-8-17-12(13-14-15-17)9-16-7-5-4-6-11(16)10-18/h10-11H,2-9H2,1H3. The molecule has 6 nitrogen and oxygen atoms in total. The minimum Gasteiger partial charge on any atom is -0.302 e. The van der Waals surface area contributed by atoms with Gasteiger partial charge in [-0.05, 0) is 36.2 Å². The summed E-state index contributed by atoms with van der Waals surface area (Å²) in [7, 11) is 0. The molecule has 2 rings (SSSR count). The number of hydrogen-bond acceptors (Lipinski definition) is 5. The number of tetrazole rings is 1. The molecule has 0 spiro atoms. The minimum absolute atomic E-state index is 0.0371. The molecule has 6 heteroatoms. The van der Waals surface area contributed by atoms with Crippen LogP contribution < -0.4 is 0 Å². The van der Waals surface area contributed by atoms with Gasteiger partial charge in [0.15, 0.2) is 5.82 Å². The number of nitrogens with zero attached hydrogens (tertiary/aromatic N) is 5. The van der Waals surface area contributed by atoms with Crippen molar-refractivity contribution < 1.29 is 4.79 Å². The summed E-state index contributed by atoms with van der Waals surface area (Å²) >= 11 is 0. The third-order valence-corrected chi connectivity index (χ3v) is 3.50. The van der Waals surface area contributed by atoms with E-state index >= 15 is 0 Å². The number of carbonyl (C=O) groups is 1. The average molecular weight is 251 g/mol. The zero-order valence-corrected chi connectivity index (χ0v) is 11.0. The van der Waals surface area contributed by atoms with Crippen LogP contribution in [0.3, 0.4) is 0 Å². The molecule has 18 heavy (non-hydrogen) atoms. The highest BCUT2D eigenvalue weighted by Gasteiger charge is 2.23. The van der Waals surface area contributed by atoms with Crippen molar-refractivity contribution in [2.24, 2.45) is 0 Å². The van der Waals surface area contributed by atoms with E-state index in [0.717, 1.165) is 57.3 Å². The highest BCUT2D eigenvalue weighted by molar-refractivity contribution is 5.57. The quantitative estimate of drug-likeness (QED) is 0.706. The first-order valence-electron chi connectivity index (χ1n) is 6.79. The summed E-state index contributed by atoms with van der Waals surface area (Å²) in [6, 6.07) is 0.0371. The molecule has 0 saturated carbocycles. The van der Waals surface area contributed by atoms with E-state index in [-0.39, 0.29) is 6.04 Å². The largest absolute Gasteiger partial charge is 0.302 e. The van der Waals surface area contributed by atoms with Crippen molar-refractivity contribution in [3.8, 4) is 0 Å². The highest BCUT2D eigenvalue weighted by atomic mass is 16.1. The number of piperidine rings is 1. The Balaban J connectivity index is 1.99. The number of aryl methyl sites for hydroxylation is 1. The summed E-state index contributed by atoms with van der Waals surface area (Å²) < 4.78 is 1.86. The molecule has 0 aliphatic carbocycles. The maximum Gasteiger partial charge on any atom is 0.165 e.